The van der Waals surface area contributed by atoms with Crippen molar-refractivity contribution in [2.45, 2.75) is 13.3 Å². The maximum atomic E-state index is 6.26. The molecule has 0 saturated carbocycles. The van der Waals surface area contributed by atoms with Gasteiger partial charge >= 0.3 is 0 Å². The van der Waals surface area contributed by atoms with Gasteiger partial charge in [-0.3, -0.25) is 10.1 Å². The molecular formula is C24H19N7S. The van der Waals surface area contributed by atoms with Crippen LogP contribution in [0.25, 0.3) is 39.1 Å². The lowest BCUT2D eigenvalue weighted by Gasteiger charge is -2.04. The first-order valence-corrected chi connectivity index (χ1v) is 11.0. The standard InChI is InChI=1S/C24H19N7S/c1-13-2-5-23(32-13)16-4-3-15(25)6-20-17(16)7-21(29-20)24-18-8-19(14-9-26-12-27-10-14)28-11-22(18)30-31-24/h2-5,7-12,29H,6,25H2,1H3,(H,30,31). The lowest BCUT2D eigenvalue weighted by Crippen LogP contribution is -2.01. The molecule has 0 fully saturated rings. The van der Waals surface area contributed by atoms with E-state index in [1.165, 1.54) is 21.7 Å². The second-order valence-electron chi connectivity index (χ2n) is 7.80. The monoisotopic (exact) mass is 437 g/mol. The first kappa shape index (κ1) is 18.7. The van der Waals surface area contributed by atoms with E-state index in [1.807, 2.05) is 12.1 Å². The fraction of sp³-hybridized carbons (Fsp3) is 0.0833. The maximum absolute atomic E-state index is 6.26. The summed E-state index contributed by atoms with van der Waals surface area (Å²) >= 11 is 1.78. The summed E-state index contributed by atoms with van der Waals surface area (Å²) in [4.78, 5) is 18.8. The molecule has 0 bridgehead atoms. The van der Waals surface area contributed by atoms with Crippen molar-refractivity contribution >= 4 is 27.8 Å². The number of H-pyrrole nitrogens is 2. The number of nitrogens with zero attached hydrogens (tertiary/aromatic N) is 4. The second-order valence-corrected chi connectivity index (χ2v) is 9.09. The zero-order chi connectivity index (χ0) is 21.7. The number of aryl methyl sites for hydroxylation is 1. The van der Waals surface area contributed by atoms with E-state index >= 15 is 0 Å². The molecule has 0 aromatic carbocycles. The Hall–Kier alpha value is -4.04. The van der Waals surface area contributed by atoms with Gasteiger partial charge in [-0.15, -0.1) is 11.3 Å². The Morgan fingerprint density at radius 1 is 1.06 bits per heavy atom. The minimum absolute atomic E-state index is 0.663. The molecular weight excluding hydrogens is 418 g/mol. The van der Waals surface area contributed by atoms with E-state index in [-0.39, 0.29) is 0 Å². The molecule has 8 heteroatoms. The molecule has 32 heavy (non-hydrogen) atoms. The number of aromatic amines is 2. The predicted octanol–water partition coefficient (Wildman–Crippen LogP) is 4.61. The van der Waals surface area contributed by atoms with E-state index in [9.17, 15) is 0 Å². The molecule has 0 amide bonds. The largest absolute Gasteiger partial charge is 0.402 e. The first-order chi connectivity index (χ1) is 15.7. The summed E-state index contributed by atoms with van der Waals surface area (Å²) in [5.41, 5.74) is 14.8. The Morgan fingerprint density at radius 3 is 2.75 bits per heavy atom. The Labute approximate surface area is 187 Å². The quantitative estimate of drug-likeness (QED) is 0.382. The van der Waals surface area contributed by atoms with Crippen LogP contribution >= 0.6 is 11.3 Å². The van der Waals surface area contributed by atoms with Crippen LogP contribution in [-0.2, 0) is 6.42 Å². The summed E-state index contributed by atoms with van der Waals surface area (Å²) in [5.74, 6) is 0. The van der Waals surface area contributed by atoms with Gasteiger partial charge < -0.3 is 10.7 Å². The van der Waals surface area contributed by atoms with Gasteiger partial charge in [0, 0.05) is 62.0 Å². The van der Waals surface area contributed by atoms with E-state index < -0.39 is 0 Å². The number of fused-ring (bicyclic) bond motifs is 2. The van der Waals surface area contributed by atoms with Gasteiger partial charge in [0.1, 0.15) is 12.0 Å². The van der Waals surface area contributed by atoms with Crippen molar-refractivity contribution in [3.05, 3.63) is 88.0 Å². The third-order valence-corrected chi connectivity index (χ3v) is 6.63. The highest BCUT2D eigenvalue weighted by molar-refractivity contribution is 7.13. The van der Waals surface area contributed by atoms with Crippen molar-refractivity contribution in [1.82, 2.24) is 30.1 Å². The molecule has 5 aromatic rings. The molecule has 0 radical (unpaired) electrons. The number of nitrogens with two attached hydrogens (primary N) is 1. The second kappa shape index (κ2) is 7.28. The summed E-state index contributed by atoms with van der Waals surface area (Å²) in [6.07, 6.45) is 11.6. The molecule has 0 aliphatic heterocycles. The van der Waals surface area contributed by atoms with Crippen LogP contribution in [0.2, 0.25) is 0 Å². The van der Waals surface area contributed by atoms with E-state index in [0.29, 0.717) is 6.42 Å². The summed E-state index contributed by atoms with van der Waals surface area (Å²) in [6, 6.07) is 8.51. The van der Waals surface area contributed by atoms with Crippen molar-refractivity contribution in [3.8, 4) is 22.6 Å². The molecule has 4 N–H and O–H groups in total. The summed E-state index contributed by atoms with van der Waals surface area (Å²) in [6.45, 7) is 2.12. The van der Waals surface area contributed by atoms with Crippen molar-refractivity contribution < 1.29 is 0 Å². The molecule has 6 rings (SSSR count). The van der Waals surface area contributed by atoms with Crippen molar-refractivity contribution in [2.75, 3.05) is 0 Å². The molecule has 5 heterocycles. The average molecular weight is 438 g/mol. The van der Waals surface area contributed by atoms with Gasteiger partial charge in [0.25, 0.3) is 0 Å². The van der Waals surface area contributed by atoms with E-state index in [1.54, 1.807) is 29.9 Å². The first-order valence-electron chi connectivity index (χ1n) is 10.2. The SMILES string of the molecule is Cc1ccc(C2=CC=C(N)Cc3[nH]c(-c4n[nH]c5cnc(-c6cncnc6)cc45)cc32)s1. The van der Waals surface area contributed by atoms with Gasteiger partial charge in [-0.05, 0) is 37.3 Å². The lowest BCUT2D eigenvalue weighted by atomic mass is 10.0. The van der Waals surface area contributed by atoms with Gasteiger partial charge in [0.2, 0.25) is 0 Å². The van der Waals surface area contributed by atoms with Gasteiger partial charge in [0.05, 0.1) is 23.1 Å². The summed E-state index contributed by atoms with van der Waals surface area (Å²) in [7, 11) is 0. The van der Waals surface area contributed by atoms with E-state index in [2.05, 4.69) is 61.3 Å². The van der Waals surface area contributed by atoms with Crippen LogP contribution in [0.5, 0.6) is 0 Å². The number of rotatable bonds is 3. The topological polar surface area (TPSA) is 109 Å². The van der Waals surface area contributed by atoms with Crippen LogP contribution < -0.4 is 5.73 Å². The third-order valence-electron chi connectivity index (χ3n) is 5.60. The van der Waals surface area contributed by atoms with Gasteiger partial charge in [-0.1, -0.05) is 6.08 Å². The van der Waals surface area contributed by atoms with Gasteiger partial charge in [-0.2, -0.15) is 5.10 Å². The molecule has 0 spiro atoms. The number of aromatic nitrogens is 6. The molecule has 0 saturated heterocycles. The smallest absolute Gasteiger partial charge is 0.116 e. The molecule has 5 aromatic heterocycles. The third kappa shape index (κ3) is 3.12. The highest BCUT2D eigenvalue weighted by Gasteiger charge is 2.20. The number of thiophene rings is 1. The fourth-order valence-electron chi connectivity index (χ4n) is 4.05. The minimum atomic E-state index is 0.663. The number of allylic oxidation sites excluding steroid dienone is 3. The number of nitrogens with one attached hydrogen (secondary N) is 2. The lowest BCUT2D eigenvalue weighted by molar-refractivity contribution is 1.05. The van der Waals surface area contributed by atoms with Crippen LogP contribution in [0.1, 0.15) is 21.0 Å². The Balaban J connectivity index is 1.49. The zero-order valence-electron chi connectivity index (χ0n) is 17.3. The fourth-order valence-corrected chi connectivity index (χ4v) is 4.96. The number of hydrogen-bond donors (Lipinski definition) is 3. The zero-order valence-corrected chi connectivity index (χ0v) is 18.1. The van der Waals surface area contributed by atoms with Crippen LogP contribution in [0, 0.1) is 6.92 Å². The van der Waals surface area contributed by atoms with E-state index in [4.69, 9.17) is 5.73 Å². The Bertz CT molecular complexity index is 1520. The van der Waals surface area contributed by atoms with Gasteiger partial charge in [-0.25, -0.2) is 9.97 Å². The highest BCUT2D eigenvalue weighted by atomic mass is 32.1. The molecule has 1 aliphatic rings. The predicted molar refractivity (Wildman–Crippen MR) is 127 cm³/mol. The Kier molecular flexibility index (Phi) is 4.26. The number of pyridine rings is 1. The van der Waals surface area contributed by atoms with E-state index in [0.717, 1.165) is 50.5 Å². The number of hydrogen-bond acceptors (Lipinski definition) is 6. The molecule has 0 unspecified atom stereocenters. The average Bonchev–Trinajstić information content (AvgIpc) is 3.51. The summed E-state index contributed by atoms with van der Waals surface area (Å²) in [5, 5.41) is 8.68. The van der Waals surface area contributed by atoms with Crippen LogP contribution in [0.3, 0.4) is 0 Å². The van der Waals surface area contributed by atoms with Gasteiger partial charge in [0.15, 0.2) is 0 Å². The summed E-state index contributed by atoms with van der Waals surface area (Å²) < 4.78 is 0. The normalized spacial score (nSPS) is 13.5. The van der Waals surface area contributed by atoms with Crippen molar-refractivity contribution in [2.24, 2.45) is 5.73 Å². The van der Waals surface area contributed by atoms with Crippen molar-refractivity contribution in [1.29, 1.82) is 0 Å². The van der Waals surface area contributed by atoms with Crippen LogP contribution in [-0.4, -0.2) is 30.1 Å². The van der Waals surface area contributed by atoms with Crippen LogP contribution in [0.15, 0.2) is 67.0 Å². The highest BCUT2D eigenvalue weighted by Crippen LogP contribution is 2.37. The van der Waals surface area contributed by atoms with Crippen molar-refractivity contribution in [3.63, 3.8) is 0 Å². The molecule has 1 aliphatic carbocycles. The maximum Gasteiger partial charge on any atom is 0.116 e. The molecule has 7 nitrogen and oxygen atoms in total. The van der Waals surface area contributed by atoms with Crippen LogP contribution in [0.4, 0.5) is 0 Å². The molecule has 156 valence electrons. The molecule has 0 atom stereocenters. The Morgan fingerprint density at radius 2 is 1.94 bits per heavy atom. The minimum Gasteiger partial charge on any atom is -0.402 e.